The second kappa shape index (κ2) is 3.83. The van der Waals surface area contributed by atoms with Crippen molar-refractivity contribution < 1.29 is 14.7 Å². The second-order valence-electron chi connectivity index (χ2n) is 1.54. The molecule has 0 spiro atoms. The Labute approximate surface area is 53.0 Å². The summed E-state index contributed by atoms with van der Waals surface area (Å²) in [5.74, 6) is -1.46. The van der Waals surface area contributed by atoms with E-state index >= 15 is 0 Å². The highest BCUT2D eigenvalue weighted by Crippen LogP contribution is 1.84. The van der Waals surface area contributed by atoms with Crippen LogP contribution in [0.25, 0.3) is 0 Å². The molecule has 3 heteroatoms. The Morgan fingerprint density at radius 3 is 2.44 bits per heavy atom. The van der Waals surface area contributed by atoms with Gasteiger partial charge in [0.15, 0.2) is 5.78 Å². The molecule has 0 heterocycles. The summed E-state index contributed by atoms with van der Waals surface area (Å²) in [4.78, 5) is 20.2. The van der Waals surface area contributed by atoms with Crippen LogP contribution in [-0.2, 0) is 9.59 Å². The molecule has 1 N–H and O–H groups in total. The number of hydrogen-bond donors (Lipinski definition) is 1. The SMILES string of the molecule is C/C=C/C(=O)CC(=O)O. The lowest BCUT2D eigenvalue weighted by molar-refractivity contribution is -0.139. The van der Waals surface area contributed by atoms with Gasteiger partial charge in [0.25, 0.3) is 0 Å². The van der Waals surface area contributed by atoms with Gasteiger partial charge >= 0.3 is 5.97 Å². The molecule has 0 unspecified atom stereocenters. The molecule has 0 aromatic carbocycles. The molecule has 0 fully saturated rings. The zero-order valence-electron chi connectivity index (χ0n) is 5.13. The van der Waals surface area contributed by atoms with Crippen LogP contribution in [0.1, 0.15) is 13.3 Å². The summed E-state index contributed by atoms with van der Waals surface area (Å²) in [6.07, 6.45) is 2.35. The Hall–Kier alpha value is -1.12. The number of carbonyl (C=O) groups is 2. The minimum absolute atomic E-state index is 0.370. The fourth-order valence-electron chi connectivity index (χ4n) is 0.394. The third kappa shape index (κ3) is 4.74. The molecule has 0 saturated carbocycles. The van der Waals surface area contributed by atoms with E-state index in [9.17, 15) is 9.59 Å². The Morgan fingerprint density at radius 2 is 2.11 bits per heavy atom. The van der Waals surface area contributed by atoms with E-state index < -0.39 is 12.4 Å². The molecule has 0 aromatic heterocycles. The lowest BCUT2D eigenvalue weighted by Crippen LogP contribution is -2.02. The summed E-state index contributed by atoms with van der Waals surface area (Å²) >= 11 is 0. The maximum absolute atomic E-state index is 10.4. The number of carboxylic acid groups (broad SMARTS) is 1. The lowest BCUT2D eigenvalue weighted by Gasteiger charge is -1.84. The molecule has 0 aliphatic carbocycles. The first kappa shape index (κ1) is 7.88. The van der Waals surface area contributed by atoms with Gasteiger partial charge in [-0.3, -0.25) is 9.59 Å². The number of hydrogen-bond acceptors (Lipinski definition) is 2. The quantitative estimate of drug-likeness (QED) is 0.447. The number of allylic oxidation sites excluding steroid dienone is 2. The van der Waals surface area contributed by atoms with Crippen molar-refractivity contribution >= 4 is 11.8 Å². The van der Waals surface area contributed by atoms with E-state index in [2.05, 4.69) is 0 Å². The normalized spacial score (nSPS) is 9.89. The van der Waals surface area contributed by atoms with Crippen molar-refractivity contribution in [1.29, 1.82) is 0 Å². The summed E-state index contributed by atoms with van der Waals surface area (Å²) < 4.78 is 0. The maximum atomic E-state index is 10.4. The number of aliphatic carboxylic acids is 1. The molecule has 0 rings (SSSR count). The largest absolute Gasteiger partial charge is 0.481 e. The van der Waals surface area contributed by atoms with Gasteiger partial charge in [0.05, 0.1) is 0 Å². The van der Waals surface area contributed by atoms with Crippen LogP contribution in [0, 0.1) is 0 Å². The predicted molar refractivity (Wildman–Crippen MR) is 32.1 cm³/mol. The summed E-state index contributed by atoms with van der Waals surface area (Å²) in [5.41, 5.74) is 0. The standard InChI is InChI=1S/C6H8O3/c1-2-3-5(7)4-6(8)9/h2-3H,4H2,1H3,(H,8,9)/b3-2+. The minimum atomic E-state index is -1.09. The molecule has 0 aromatic rings. The average Bonchev–Trinajstić information content (AvgIpc) is 1.63. The van der Waals surface area contributed by atoms with E-state index in [1.807, 2.05) is 0 Å². The summed E-state index contributed by atoms with van der Waals surface area (Å²) in [6.45, 7) is 1.67. The second-order valence-corrected chi connectivity index (χ2v) is 1.54. The van der Waals surface area contributed by atoms with Crippen molar-refractivity contribution in [3.8, 4) is 0 Å². The van der Waals surface area contributed by atoms with Gasteiger partial charge in [0.1, 0.15) is 6.42 Å². The first-order valence-corrected chi connectivity index (χ1v) is 2.54. The first-order valence-electron chi connectivity index (χ1n) is 2.54. The maximum Gasteiger partial charge on any atom is 0.311 e. The van der Waals surface area contributed by atoms with Crippen LogP contribution in [-0.4, -0.2) is 16.9 Å². The van der Waals surface area contributed by atoms with Gasteiger partial charge in [-0.15, -0.1) is 0 Å². The van der Waals surface area contributed by atoms with Crippen molar-refractivity contribution in [2.75, 3.05) is 0 Å². The van der Waals surface area contributed by atoms with E-state index in [1.165, 1.54) is 12.2 Å². The Balaban J connectivity index is 3.64. The van der Waals surface area contributed by atoms with Crippen molar-refractivity contribution in [2.24, 2.45) is 0 Å². The highest BCUT2D eigenvalue weighted by Gasteiger charge is 2.01. The topological polar surface area (TPSA) is 54.4 Å². The van der Waals surface area contributed by atoms with Crippen LogP contribution in [0.4, 0.5) is 0 Å². The Morgan fingerprint density at radius 1 is 1.56 bits per heavy atom. The third-order valence-electron chi connectivity index (χ3n) is 0.678. The van der Waals surface area contributed by atoms with Crippen molar-refractivity contribution in [3.05, 3.63) is 12.2 Å². The average molecular weight is 128 g/mol. The van der Waals surface area contributed by atoms with Gasteiger partial charge in [-0.1, -0.05) is 6.08 Å². The van der Waals surface area contributed by atoms with Gasteiger partial charge in [-0.2, -0.15) is 0 Å². The molecule has 0 aliphatic heterocycles. The Kier molecular flexibility index (Phi) is 3.35. The van der Waals surface area contributed by atoms with E-state index in [0.29, 0.717) is 0 Å². The molecule has 0 aliphatic rings. The molecular formula is C6H8O3. The van der Waals surface area contributed by atoms with Crippen LogP contribution in [0.2, 0.25) is 0 Å². The summed E-state index contributed by atoms with van der Waals surface area (Å²) in [5, 5.41) is 8.06. The zero-order chi connectivity index (χ0) is 7.28. The first-order chi connectivity index (χ1) is 4.16. The molecule has 0 saturated heterocycles. The number of carboxylic acids is 1. The van der Waals surface area contributed by atoms with E-state index in [-0.39, 0.29) is 5.78 Å². The third-order valence-corrected chi connectivity index (χ3v) is 0.678. The van der Waals surface area contributed by atoms with Gasteiger partial charge < -0.3 is 5.11 Å². The van der Waals surface area contributed by atoms with Crippen LogP contribution >= 0.6 is 0 Å². The van der Waals surface area contributed by atoms with Gasteiger partial charge in [0.2, 0.25) is 0 Å². The summed E-state index contributed by atoms with van der Waals surface area (Å²) in [7, 11) is 0. The monoisotopic (exact) mass is 128 g/mol. The van der Waals surface area contributed by atoms with Crippen LogP contribution in [0.3, 0.4) is 0 Å². The number of carbonyl (C=O) groups excluding carboxylic acids is 1. The lowest BCUT2D eigenvalue weighted by atomic mass is 10.3. The predicted octanol–water partition coefficient (Wildman–Crippen LogP) is 0.606. The van der Waals surface area contributed by atoms with E-state index in [4.69, 9.17) is 5.11 Å². The zero-order valence-corrected chi connectivity index (χ0v) is 5.13. The summed E-state index contributed by atoms with van der Waals surface area (Å²) in [6, 6.07) is 0. The van der Waals surface area contributed by atoms with Crippen LogP contribution in [0.15, 0.2) is 12.2 Å². The number of ketones is 1. The molecule has 0 bridgehead atoms. The molecular weight excluding hydrogens is 120 g/mol. The molecule has 3 nitrogen and oxygen atoms in total. The molecule has 0 amide bonds. The Bertz CT molecular complexity index is 146. The fraction of sp³-hybridized carbons (Fsp3) is 0.333. The van der Waals surface area contributed by atoms with Crippen molar-refractivity contribution in [3.63, 3.8) is 0 Å². The highest BCUT2D eigenvalue weighted by atomic mass is 16.4. The molecule has 0 radical (unpaired) electrons. The van der Waals surface area contributed by atoms with Crippen molar-refractivity contribution in [1.82, 2.24) is 0 Å². The van der Waals surface area contributed by atoms with Crippen LogP contribution in [0.5, 0.6) is 0 Å². The smallest absolute Gasteiger partial charge is 0.311 e. The van der Waals surface area contributed by atoms with E-state index in [1.54, 1.807) is 6.92 Å². The molecule has 50 valence electrons. The van der Waals surface area contributed by atoms with Gasteiger partial charge in [0, 0.05) is 0 Å². The minimum Gasteiger partial charge on any atom is -0.481 e. The number of rotatable bonds is 3. The fourth-order valence-corrected chi connectivity index (χ4v) is 0.394. The van der Waals surface area contributed by atoms with Crippen LogP contribution < -0.4 is 0 Å². The van der Waals surface area contributed by atoms with E-state index in [0.717, 1.165) is 0 Å². The highest BCUT2D eigenvalue weighted by molar-refractivity contribution is 6.01. The van der Waals surface area contributed by atoms with Crippen molar-refractivity contribution in [2.45, 2.75) is 13.3 Å². The molecule has 9 heavy (non-hydrogen) atoms. The van der Waals surface area contributed by atoms with Gasteiger partial charge in [-0.05, 0) is 13.0 Å². The van der Waals surface area contributed by atoms with Gasteiger partial charge in [-0.25, -0.2) is 0 Å². The molecule has 0 atom stereocenters.